The second-order valence-electron chi connectivity index (χ2n) is 4.07. The van der Waals surface area contributed by atoms with Crippen LogP contribution in [0.15, 0.2) is 40.9 Å². The molecule has 100 valence electrons. The lowest BCUT2D eigenvalue weighted by molar-refractivity contribution is 0.487. The van der Waals surface area contributed by atoms with Crippen LogP contribution in [0, 0.1) is 11.6 Å². The number of benzene rings is 2. The molecule has 2 aromatic carbocycles. The van der Waals surface area contributed by atoms with Crippen molar-refractivity contribution in [3.63, 3.8) is 0 Å². The highest BCUT2D eigenvalue weighted by Crippen LogP contribution is 2.29. The highest BCUT2D eigenvalue weighted by Gasteiger charge is 2.19. The maximum absolute atomic E-state index is 13.9. The molecule has 1 atom stereocenters. The van der Waals surface area contributed by atoms with E-state index >= 15 is 0 Å². The highest BCUT2D eigenvalue weighted by atomic mass is 79.9. The minimum absolute atomic E-state index is 0.247. The first-order valence-corrected chi connectivity index (χ1v) is 6.77. The van der Waals surface area contributed by atoms with E-state index in [0.29, 0.717) is 5.02 Å². The average Bonchev–Trinajstić information content (AvgIpc) is 2.34. The van der Waals surface area contributed by atoms with E-state index in [1.807, 2.05) is 6.07 Å². The largest absolute Gasteiger partial charge is 0.309 e. The van der Waals surface area contributed by atoms with E-state index in [2.05, 4.69) is 21.2 Å². The Morgan fingerprint density at radius 2 is 1.95 bits per heavy atom. The van der Waals surface area contributed by atoms with Crippen molar-refractivity contribution in [1.82, 2.24) is 5.32 Å². The van der Waals surface area contributed by atoms with Gasteiger partial charge in [0.1, 0.15) is 0 Å². The van der Waals surface area contributed by atoms with Crippen LogP contribution in [0.25, 0.3) is 0 Å². The van der Waals surface area contributed by atoms with Crippen LogP contribution in [0.3, 0.4) is 0 Å². The molecule has 1 nitrogen and oxygen atoms in total. The molecule has 2 rings (SSSR count). The smallest absolute Gasteiger partial charge is 0.163 e. The molecule has 0 saturated heterocycles. The Balaban J connectivity index is 2.53. The molecule has 0 saturated carbocycles. The number of hydrogen-bond acceptors (Lipinski definition) is 1. The molecule has 0 aliphatic carbocycles. The first-order valence-electron chi connectivity index (χ1n) is 5.60. The maximum Gasteiger partial charge on any atom is 0.163 e. The van der Waals surface area contributed by atoms with Crippen molar-refractivity contribution in [1.29, 1.82) is 0 Å². The van der Waals surface area contributed by atoms with Gasteiger partial charge in [-0.05, 0) is 36.9 Å². The molecule has 5 heteroatoms. The maximum atomic E-state index is 13.9. The standard InChI is InChI=1S/C14H11BrClF2N/c1-19-14(8-5-9(15)7-10(16)6-8)11-3-2-4-12(17)13(11)18/h2-7,14,19H,1H3. The molecule has 0 bridgehead atoms. The third-order valence-corrected chi connectivity index (χ3v) is 3.48. The zero-order valence-electron chi connectivity index (χ0n) is 10.1. The monoisotopic (exact) mass is 345 g/mol. The Hall–Kier alpha value is -0.970. The van der Waals surface area contributed by atoms with Gasteiger partial charge in [0.2, 0.25) is 0 Å². The summed E-state index contributed by atoms with van der Waals surface area (Å²) in [6, 6.07) is 8.94. The van der Waals surface area contributed by atoms with E-state index in [-0.39, 0.29) is 5.56 Å². The van der Waals surface area contributed by atoms with Crippen molar-refractivity contribution in [2.45, 2.75) is 6.04 Å². The second kappa shape index (κ2) is 5.99. The lowest BCUT2D eigenvalue weighted by Crippen LogP contribution is -2.19. The first-order chi connectivity index (χ1) is 9.02. The number of nitrogens with one attached hydrogen (secondary N) is 1. The normalized spacial score (nSPS) is 12.5. The second-order valence-corrected chi connectivity index (χ2v) is 5.42. The summed E-state index contributed by atoms with van der Waals surface area (Å²) < 4.78 is 28.0. The molecule has 1 N–H and O–H groups in total. The molecule has 0 heterocycles. The first kappa shape index (κ1) is 14.4. The van der Waals surface area contributed by atoms with Crippen LogP contribution in [0.2, 0.25) is 5.02 Å². The van der Waals surface area contributed by atoms with Crippen molar-refractivity contribution in [3.8, 4) is 0 Å². The summed E-state index contributed by atoms with van der Waals surface area (Å²) in [7, 11) is 1.68. The summed E-state index contributed by atoms with van der Waals surface area (Å²) in [5.74, 6) is -1.71. The molecule has 2 aromatic rings. The number of rotatable bonds is 3. The van der Waals surface area contributed by atoms with Gasteiger partial charge in [-0.2, -0.15) is 0 Å². The van der Waals surface area contributed by atoms with Crippen LogP contribution in [0.1, 0.15) is 17.2 Å². The SMILES string of the molecule is CNC(c1cc(Cl)cc(Br)c1)c1cccc(F)c1F. The fourth-order valence-electron chi connectivity index (χ4n) is 1.99. The Bertz CT molecular complexity index is 584. The summed E-state index contributed by atoms with van der Waals surface area (Å²) in [5, 5.41) is 3.50. The summed E-state index contributed by atoms with van der Waals surface area (Å²) in [5.41, 5.74) is 1.00. The average molecular weight is 347 g/mol. The molecule has 0 aliphatic heterocycles. The quantitative estimate of drug-likeness (QED) is 0.850. The van der Waals surface area contributed by atoms with Crippen molar-refractivity contribution in [3.05, 3.63) is 68.7 Å². The minimum atomic E-state index is -0.862. The van der Waals surface area contributed by atoms with Crippen LogP contribution in [-0.4, -0.2) is 7.05 Å². The van der Waals surface area contributed by atoms with Crippen LogP contribution in [0.4, 0.5) is 8.78 Å². The van der Waals surface area contributed by atoms with Gasteiger partial charge in [0.05, 0.1) is 6.04 Å². The Morgan fingerprint density at radius 3 is 2.58 bits per heavy atom. The van der Waals surface area contributed by atoms with Crippen LogP contribution >= 0.6 is 27.5 Å². The van der Waals surface area contributed by atoms with Gasteiger partial charge in [0.15, 0.2) is 11.6 Å². The molecule has 0 spiro atoms. The Morgan fingerprint density at radius 1 is 1.21 bits per heavy atom. The van der Waals surface area contributed by atoms with Gasteiger partial charge in [-0.15, -0.1) is 0 Å². The van der Waals surface area contributed by atoms with E-state index in [1.54, 1.807) is 25.2 Å². The number of hydrogen-bond donors (Lipinski definition) is 1. The topological polar surface area (TPSA) is 12.0 Å². The Kier molecular flexibility index (Phi) is 4.55. The van der Waals surface area contributed by atoms with E-state index in [9.17, 15) is 8.78 Å². The molecule has 1 unspecified atom stereocenters. The molecule has 0 aromatic heterocycles. The third-order valence-electron chi connectivity index (χ3n) is 2.80. The fraction of sp³-hybridized carbons (Fsp3) is 0.143. The van der Waals surface area contributed by atoms with Crippen molar-refractivity contribution >= 4 is 27.5 Å². The van der Waals surface area contributed by atoms with Gasteiger partial charge in [-0.1, -0.05) is 39.7 Å². The van der Waals surface area contributed by atoms with E-state index in [1.165, 1.54) is 6.07 Å². The predicted molar refractivity (Wildman–Crippen MR) is 76.4 cm³/mol. The molecule has 0 aliphatic rings. The molecule has 0 amide bonds. The molecule has 0 fully saturated rings. The van der Waals surface area contributed by atoms with Crippen LogP contribution in [0.5, 0.6) is 0 Å². The van der Waals surface area contributed by atoms with Gasteiger partial charge >= 0.3 is 0 Å². The molecular weight excluding hydrogens is 336 g/mol. The lowest BCUT2D eigenvalue weighted by Gasteiger charge is -2.18. The van der Waals surface area contributed by atoms with Gasteiger partial charge in [0, 0.05) is 15.1 Å². The third kappa shape index (κ3) is 3.14. The van der Waals surface area contributed by atoms with E-state index < -0.39 is 17.7 Å². The van der Waals surface area contributed by atoms with Crippen molar-refractivity contribution in [2.24, 2.45) is 0 Å². The van der Waals surface area contributed by atoms with Gasteiger partial charge < -0.3 is 5.32 Å². The Labute approximate surface area is 123 Å². The predicted octanol–water partition coefficient (Wildman–Crippen LogP) is 4.69. The minimum Gasteiger partial charge on any atom is -0.309 e. The summed E-state index contributed by atoms with van der Waals surface area (Å²) in [4.78, 5) is 0. The van der Waals surface area contributed by atoms with Gasteiger partial charge in [0.25, 0.3) is 0 Å². The van der Waals surface area contributed by atoms with E-state index in [4.69, 9.17) is 11.6 Å². The van der Waals surface area contributed by atoms with Crippen molar-refractivity contribution in [2.75, 3.05) is 7.05 Å². The summed E-state index contributed by atoms with van der Waals surface area (Å²) >= 11 is 9.32. The highest BCUT2D eigenvalue weighted by molar-refractivity contribution is 9.10. The summed E-state index contributed by atoms with van der Waals surface area (Å²) in [6.45, 7) is 0. The van der Waals surface area contributed by atoms with Crippen LogP contribution in [-0.2, 0) is 0 Å². The zero-order chi connectivity index (χ0) is 14.0. The van der Waals surface area contributed by atoms with Gasteiger partial charge in [-0.25, -0.2) is 8.78 Å². The fourth-order valence-corrected chi connectivity index (χ4v) is 2.87. The zero-order valence-corrected chi connectivity index (χ0v) is 12.4. The molecule has 19 heavy (non-hydrogen) atoms. The van der Waals surface area contributed by atoms with Gasteiger partial charge in [-0.3, -0.25) is 0 Å². The van der Waals surface area contributed by atoms with Crippen molar-refractivity contribution < 1.29 is 8.78 Å². The molecule has 0 radical (unpaired) electrons. The van der Waals surface area contributed by atoms with E-state index in [0.717, 1.165) is 16.1 Å². The summed E-state index contributed by atoms with van der Waals surface area (Å²) in [6.07, 6.45) is 0. The van der Waals surface area contributed by atoms with Crippen LogP contribution < -0.4 is 5.32 Å². The molecular formula is C14H11BrClF2N. The number of halogens is 4. The lowest BCUT2D eigenvalue weighted by atomic mass is 9.98.